The van der Waals surface area contributed by atoms with Crippen LogP contribution in [0.5, 0.6) is 0 Å². The third-order valence-corrected chi connectivity index (χ3v) is 1.22. The number of carboxylic acid groups (broad SMARTS) is 1. The number of amides is 2. The summed E-state index contributed by atoms with van der Waals surface area (Å²) in [5.74, 6) is 0. The van der Waals surface area contributed by atoms with E-state index < -0.39 is 6.09 Å². The van der Waals surface area contributed by atoms with E-state index in [-0.39, 0.29) is 6.04 Å². The molecule has 0 atom stereocenters. The maximum atomic E-state index is 10.1. The van der Waals surface area contributed by atoms with Crippen molar-refractivity contribution in [1.82, 2.24) is 4.90 Å². The van der Waals surface area contributed by atoms with E-state index in [9.17, 15) is 9.59 Å². The molecule has 0 unspecified atom stereocenters. The van der Waals surface area contributed by atoms with Gasteiger partial charge in [0, 0.05) is 6.04 Å². The summed E-state index contributed by atoms with van der Waals surface area (Å²) in [4.78, 5) is 20.6. The number of carbonyl (C=O) groups is 1. The summed E-state index contributed by atoms with van der Waals surface area (Å²) >= 11 is 0. The number of carbonyl (C=O) groups excluding carboxylic acids is 1. The Balaban J connectivity index is 2.47. The fourth-order valence-corrected chi connectivity index (χ4v) is 0.603. The van der Waals surface area contributed by atoms with Crippen LogP contribution in [0.1, 0.15) is 12.8 Å². The average Bonchev–Trinajstić information content (AvgIpc) is 2.50. The van der Waals surface area contributed by atoms with Gasteiger partial charge in [0.05, 0.1) is 0 Å². The molecule has 4 nitrogen and oxygen atoms in total. The molecule has 1 rings (SSSR count). The number of hydrogen-bond acceptors (Lipinski definition) is 2. The molecule has 0 aliphatic heterocycles. The summed E-state index contributed by atoms with van der Waals surface area (Å²) in [7, 11) is 0. The first-order valence-electron chi connectivity index (χ1n) is 2.65. The van der Waals surface area contributed by atoms with Gasteiger partial charge in [-0.15, -0.1) is 0 Å². The van der Waals surface area contributed by atoms with Crippen LogP contribution in [0.4, 0.5) is 4.79 Å². The summed E-state index contributed by atoms with van der Waals surface area (Å²) in [6, 6.07) is -0.0833. The summed E-state index contributed by atoms with van der Waals surface area (Å²) in [5.41, 5.74) is 0. The highest BCUT2D eigenvalue weighted by Crippen LogP contribution is 2.25. The molecule has 1 saturated carbocycles. The van der Waals surface area contributed by atoms with Crippen LogP contribution in [0.25, 0.3) is 0 Å². The van der Waals surface area contributed by atoms with Crippen molar-refractivity contribution in [2.45, 2.75) is 18.9 Å². The molecule has 0 aromatic rings. The van der Waals surface area contributed by atoms with Crippen LogP contribution in [0.2, 0.25) is 0 Å². The lowest BCUT2D eigenvalue weighted by atomic mass is 10.6. The van der Waals surface area contributed by atoms with Crippen LogP contribution in [-0.2, 0) is 4.79 Å². The molecule has 2 amide bonds. The van der Waals surface area contributed by atoms with Crippen LogP contribution in [0, 0.1) is 0 Å². The van der Waals surface area contributed by atoms with Crippen molar-refractivity contribution in [2.75, 3.05) is 0 Å². The van der Waals surface area contributed by atoms with Crippen molar-refractivity contribution in [3.8, 4) is 0 Å². The maximum Gasteiger partial charge on any atom is 0.414 e. The molecule has 0 aromatic carbocycles. The lowest BCUT2D eigenvalue weighted by molar-refractivity contribution is 0.166. The Hall–Kier alpha value is -1.06. The fraction of sp³-hybridized carbons (Fsp3) is 0.600. The van der Waals surface area contributed by atoms with Crippen molar-refractivity contribution in [1.29, 1.82) is 0 Å². The molecule has 0 saturated heterocycles. The zero-order valence-corrected chi connectivity index (χ0v) is 4.70. The second-order valence-electron chi connectivity index (χ2n) is 1.98. The number of imide groups is 1. The standard InChI is InChI=1S/C5H6NO3/c7-3-6(5(8)9)4-1-2-4/h4H,1-2H2,(H,8,9). The predicted molar refractivity (Wildman–Crippen MR) is 28.6 cm³/mol. The predicted octanol–water partition coefficient (Wildman–Crippen LogP) is 0.196. The van der Waals surface area contributed by atoms with Gasteiger partial charge in [-0.2, -0.15) is 0 Å². The Morgan fingerprint density at radius 3 is 2.33 bits per heavy atom. The van der Waals surface area contributed by atoms with Crippen LogP contribution in [0.15, 0.2) is 0 Å². The Bertz CT molecular complexity index is 141. The van der Waals surface area contributed by atoms with Crippen LogP contribution in [-0.4, -0.2) is 28.6 Å². The average molecular weight is 128 g/mol. The SMILES string of the molecule is O=[C]N(C(=O)O)C1CC1. The van der Waals surface area contributed by atoms with E-state index in [1.165, 1.54) is 6.41 Å². The van der Waals surface area contributed by atoms with Gasteiger partial charge in [-0.3, -0.25) is 4.79 Å². The molecule has 0 bridgehead atoms. The van der Waals surface area contributed by atoms with E-state index in [4.69, 9.17) is 5.11 Å². The van der Waals surface area contributed by atoms with Crippen molar-refractivity contribution in [2.24, 2.45) is 0 Å². The molecule has 1 fully saturated rings. The fourth-order valence-electron chi connectivity index (χ4n) is 0.603. The van der Waals surface area contributed by atoms with Crippen LogP contribution >= 0.6 is 0 Å². The van der Waals surface area contributed by atoms with Crippen molar-refractivity contribution in [3.05, 3.63) is 0 Å². The summed E-state index contributed by atoms with van der Waals surface area (Å²) in [5, 5.41) is 8.25. The second kappa shape index (κ2) is 2.05. The molecule has 49 valence electrons. The highest BCUT2D eigenvalue weighted by molar-refractivity contribution is 5.79. The first kappa shape index (κ1) is 6.07. The van der Waals surface area contributed by atoms with E-state index in [0.29, 0.717) is 4.90 Å². The van der Waals surface area contributed by atoms with Gasteiger partial charge in [-0.05, 0) is 12.8 Å². The minimum absolute atomic E-state index is 0.0833. The zero-order chi connectivity index (χ0) is 6.85. The van der Waals surface area contributed by atoms with E-state index in [1.807, 2.05) is 0 Å². The van der Waals surface area contributed by atoms with Crippen LogP contribution in [0.3, 0.4) is 0 Å². The smallest absolute Gasteiger partial charge is 0.414 e. The third-order valence-electron chi connectivity index (χ3n) is 1.22. The van der Waals surface area contributed by atoms with E-state index in [0.717, 1.165) is 12.8 Å². The quantitative estimate of drug-likeness (QED) is 0.540. The van der Waals surface area contributed by atoms with Gasteiger partial charge in [0.25, 0.3) is 0 Å². The number of nitrogens with zero attached hydrogens (tertiary/aromatic N) is 1. The summed E-state index contributed by atoms with van der Waals surface area (Å²) in [6.07, 6.45) is 1.73. The lowest BCUT2D eigenvalue weighted by Gasteiger charge is -2.05. The maximum absolute atomic E-state index is 10.1. The van der Waals surface area contributed by atoms with Crippen molar-refractivity contribution in [3.63, 3.8) is 0 Å². The molecule has 1 N–H and O–H groups in total. The van der Waals surface area contributed by atoms with Gasteiger partial charge >= 0.3 is 12.5 Å². The minimum Gasteiger partial charge on any atom is -0.465 e. The molecular weight excluding hydrogens is 122 g/mol. The monoisotopic (exact) mass is 128 g/mol. The van der Waals surface area contributed by atoms with Gasteiger partial charge < -0.3 is 5.11 Å². The first-order chi connectivity index (χ1) is 4.25. The Kier molecular flexibility index (Phi) is 1.38. The lowest BCUT2D eigenvalue weighted by Crippen LogP contribution is -2.29. The Morgan fingerprint density at radius 1 is 1.67 bits per heavy atom. The molecule has 0 spiro atoms. The molecule has 9 heavy (non-hydrogen) atoms. The highest BCUT2D eigenvalue weighted by Gasteiger charge is 2.32. The molecule has 0 heterocycles. The molecule has 4 heteroatoms. The molecule has 0 aromatic heterocycles. The Morgan fingerprint density at radius 2 is 2.22 bits per heavy atom. The molecule has 1 radical (unpaired) electrons. The molecular formula is C5H6NO3. The number of hydrogen-bond donors (Lipinski definition) is 1. The third kappa shape index (κ3) is 1.19. The topological polar surface area (TPSA) is 57.6 Å². The number of rotatable bonds is 2. The van der Waals surface area contributed by atoms with Crippen molar-refractivity contribution < 1.29 is 14.7 Å². The Labute approximate surface area is 52.1 Å². The van der Waals surface area contributed by atoms with Gasteiger partial charge in [-0.1, -0.05) is 0 Å². The van der Waals surface area contributed by atoms with Crippen molar-refractivity contribution >= 4 is 12.5 Å². The van der Waals surface area contributed by atoms with Gasteiger partial charge in [0.1, 0.15) is 0 Å². The van der Waals surface area contributed by atoms with Gasteiger partial charge in [-0.25, -0.2) is 9.69 Å². The highest BCUT2D eigenvalue weighted by atomic mass is 16.4. The second-order valence-corrected chi connectivity index (χ2v) is 1.98. The summed E-state index contributed by atoms with van der Waals surface area (Å²) < 4.78 is 0. The zero-order valence-electron chi connectivity index (χ0n) is 4.70. The van der Waals surface area contributed by atoms with Crippen LogP contribution < -0.4 is 0 Å². The van der Waals surface area contributed by atoms with E-state index in [1.54, 1.807) is 0 Å². The van der Waals surface area contributed by atoms with E-state index in [2.05, 4.69) is 0 Å². The largest absolute Gasteiger partial charge is 0.465 e. The van der Waals surface area contributed by atoms with Gasteiger partial charge in [0.2, 0.25) is 0 Å². The minimum atomic E-state index is -1.20. The molecule has 1 aliphatic rings. The normalized spacial score (nSPS) is 16.9. The van der Waals surface area contributed by atoms with E-state index >= 15 is 0 Å². The summed E-state index contributed by atoms with van der Waals surface area (Å²) in [6.45, 7) is 0. The van der Waals surface area contributed by atoms with Gasteiger partial charge in [0.15, 0.2) is 0 Å². The first-order valence-corrected chi connectivity index (χ1v) is 2.65. The molecule has 1 aliphatic carbocycles.